The van der Waals surface area contributed by atoms with Crippen LogP contribution in [0.1, 0.15) is 31.2 Å². The van der Waals surface area contributed by atoms with Crippen molar-refractivity contribution >= 4 is 5.91 Å². The molecule has 4 nitrogen and oxygen atoms in total. The fraction of sp³-hybridized carbons (Fsp3) is 0.588. The Morgan fingerprint density at radius 3 is 2.67 bits per heavy atom. The molecule has 0 aliphatic heterocycles. The topological polar surface area (TPSA) is 58.6 Å². The Balaban J connectivity index is 1.77. The number of benzene rings is 1. The molecule has 2 N–H and O–H groups in total. The van der Waals surface area contributed by atoms with Gasteiger partial charge >= 0.3 is 0 Å². The molecule has 4 heteroatoms. The molecule has 1 aliphatic carbocycles. The molecule has 1 fully saturated rings. The zero-order valence-corrected chi connectivity index (χ0v) is 12.7. The lowest BCUT2D eigenvalue weighted by Gasteiger charge is -2.40. The predicted molar refractivity (Wildman–Crippen MR) is 81.9 cm³/mol. The number of hydrogen-bond donors (Lipinski definition) is 2. The van der Waals surface area contributed by atoms with E-state index >= 15 is 0 Å². The summed E-state index contributed by atoms with van der Waals surface area (Å²) in [7, 11) is 1.66. The number of ether oxygens (including phenoxy) is 1. The zero-order valence-electron chi connectivity index (χ0n) is 12.7. The van der Waals surface area contributed by atoms with E-state index in [1.807, 2.05) is 30.3 Å². The molecule has 0 heterocycles. The number of aliphatic hydroxyl groups excluding tert-OH is 1. The molecule has 1 unspecified atom stereocenters. The number of amides is 1. The van der Waals surface area contributed by atoms with Crippen LogP contribution >= 0.6 is 0 Å². The quantitative estimate of drug-likeness (QED) is 0.769. The SMILES string of the molecule is COCCC1(C(=O)NCC(O)Cc2ccccc2)CCC1. The van der Waals surface area contributed by atoms with Gasteiger partial charge < -0.3 is 15.2 Å². The molecule has 1 saturated carbocycles. The van der Waals surface area contributed by atoms with Crippen molar-refractivity contribution in [3.8, 4) is 0 Å². The number of carbonyl (C=O) groups excluding carboxylic acids is 1. The highest BCUT2D eigenvalue weighted by Gasteiger charge is 2.43. The largest absolute Gasteiger partial charge is 0.391 e. The summed E-state index contributed by atoms with van der Waals surface area (Å²) in [6.07, 6.45) is 3.74. The highest BCUT2D eigenvalue weighted by atomic mass is 16.5. The van der Waals surface area contributed by atoms with Crippen LogP contribution in [-0.4, -0.2) is 37.4 Å². The highest BCUT2D eigenvalue weighted by Crippen LogP contribution is 2.44. The van der Waals surface area contributed by atoms with Gasteiger partial charge in [0.1, 0.15) is 0 Å². The first-order valence-corrected chi connectivity index (χ1v) is 7.65. The molecular formula is C17H25NO3. The zero-order chi connectivity index (χ0) is 15.1. The minimum absolute atomic E-state index is 0.0675. The number of hydrogen-bond acceptors (Lipinski definition) is 3. The van der Waals surface area contributed by atoms with Gasteiger partial charge in [-0.15, -0.1) is 0 Å². The number of nitrogens with one attached hydrogen (secondary N) is 1. The second-order valence-corrected chi connectivity index (χ2v) is 5.93. The first-order valence-electron chi connectivity index (χ1n) is 7.65. The maximum atomic E-state index is 12.3. The molecule has 116 valence electrons. The Morgan fingerprint density at radius 1 is 1.38 bits per heavy atom. The van der Waals surface area contributed by atoms with E-state index in [0.717, 1.165) is 31.2 Å². The van der Waals surface area contributed by atoms with Gasteiger partial charge in [0.05, 0.1) is 11.5 Å². The van der Waals surface area contributed by atoms with Gasteiger partial charge in [-0.1, -0.05) is 36.8 Å². The Hall–Kier alpha value is -1.39. The standard InChI is InChI=1S/C17H25NO3/c1-21-11-10-17(8-5-9-17)16(20)18-13-15(19)12-14-6-3-2-4-7-14/h2-4,6-7,15,19H,5,8-13H2,1H3,(H,18,20). The van der Waals surface area contributed by atoms with Gasteiger partial charge in [-0.05, 0) is 24.8 Å². The minimum Gasteiger partial charge on any atom is -0.391 e. The number of carbonyl (C=O) groups is 1. The monoisotopic (exact) mass is 291 g/mol. The average Bonchev–Trinajstić information content (AvgIpc) is 2.45. The Labute approximate surface area is 126 Å². The van der Waals surface area contributed by atoms with Crippen LogP contribution in [0.5, 0.6) is 0 Å². The molecule has 21 heavy (non-hydrogen) atoms. The highest BCUT2D eigenvalue weighted by molar-refractivity contribution is 5.83. The molecule has 0 spiro atoms. The predicted octanol–water partition coefficient (Wildman–Crippen LogP) is 1.91. The van der Waals surface area contributed by atoms with Gasteiger partial charge in [0.25, 0.3) is 0 Å². The van der Waals surface area contributed by atoms with Crippen molar-refractivity contribution in [1.82, 2.24) is 5.32 Å². The van der Waals surface area contributed by atoms with Crippen LogP contribution in [0.25, 0.3) is 0 Å². The summed E-state index contributed by atoms with van der Waals surface area (Å²) < 4.78 is 5.10. The second-order valence-electron chi connectivity index (χ2n) is 5.93. The summed E-state index contributed by atoms with van der Waals surface area (Å²) in [5.41, 5.74) is 0.819. The smallest absolute Gasteiger partial charge is 0.226 e. The van der Waals surface area contributed by atoms with Gasteiger partial charge in [-0.2, -0.15) is 0 Å². The van der Waals surface area contributed by atoms with Gasteiger partial charge in [0, 0.05) is 26.7 Å². The summed E-state index contributed by atoms with van der Waals surface area (Å²) >= 11 is 0. The normalized spacial score (nSPS) is 17.8. The van der Waals surface area contributed by atoms with Crippen molar-refractivity contribution in [2.24, 2.45) is 5.41 Å². The molecule has 1 aromatic carbocycles. The molecule has 1 amide bonds. The van der Waals surface area contributed by atoms with E-state index in [1.54, 1.807) is 7.11 Å². The van der Waals surface area contributed by atoms with Crippen molar-refractivity contribution in [2.45, 2.75) is 38.2 Å². The number of rotatable bonds is 8. The van der Waals surface area contributed by atoms with Gasteiger partial charge in [-0.3, -0.25) is 4.79 Å². The third-order valence-corrected chi connectivity index (χ3v) is 4.39. The summed E-state index contributed by atoms with van der Waals surface area (Å²) in [5.74, 6) is 0.0675. The van der Waals surface area contributed by atoms with Crippen LogP contribution in [0, 0.1) is 5.41 Å². The van der Waals surface area contributed by atoms with E-state index in [9.17, 15) is 9.90 Å². The molecule has 0 bridgehead atoms. The molecule has 1 aliphatic rings. The van der Waals surface area contributed by atoms with Gasteiger partial charge in [-0.25, -0.2) is 0 Å². The second kappa shape index (κ2) is 7.57. The maximum absolute atomic E-state index is 12.3. The Morgan fingerprint density at radius 2 is 2.10 bits per heavy atom. The molecule has 0 radical (unpaired) electrons. The summed E-state index contributed by atoms with van der Waals surface area (Å²) in [6, 6.07) is 9.82. The van der Waals surface area contributed by atoms with Crippen molar-refractivity contribution < 1.29 is 14.6 Å². The molecule has 1 atom stereocenters. The van der Waals surface area contributed by atoms with E-state index in [4.69, 9.17) is 4.74 Å². The van der Waals surface area contributed by atoms with Crippen LogP contribution < -0.4 is 5.32 Å². The van der Waals surface area contributed by atoms with Crippen LogP contribution in [0.2, 0.25) is 0 Å². The minimum atomic E-state index is -0.545. The maximum Gasteiger partial charge on any atom is 0.226 e. The van der Waals surface area contributed by atoms with Crippen molar-refractivity contribution in [3.05, 3.63) is 35.9 Å². The molecule has 1 aromatic rings. The number of aliphatic hydroxyl groups is 1. The van der Waals surface area contributed by atoms with Gasteiger partial charge in [0.15, 0.2) is 0 Å². The van der Waals surface area contributed by atoms with E-state index in [0.29, 0.717) is 19.6 Å². The third kappa shape index (κ3) is 4.29. The van der Waals surface area contributed by atoms with Gasteiger partial charge in [0.2, 0.25) is 5.91 Å². The summed E-state index contributed by atoms with van der Waals surface area (Å²) in [6.45, 7) is 0.919. The van der Waals surface area contributed by atoms with Crippen LogP contribution in [0.4, 0.5) is 0 Å². The van der Waals surface area contributed by atoms with Crippen LogP contribution in [0.15, 0.2) is 30.3 Å². The summed E-state index contributed by atoms with van der Waals surface area (Å²) in [5, 5.41) is 13.0. The van der Waals surface area contributed by atoms with E-state index in [-0.39, 0.29) is 11.3 Å². The fourth-order valence-corrected chi connectivity index (χ4v) is 2.85. The molecule has 0 aromatic heterocycles. The van der Waals surface area contributed by atoms with Crippen LogP contribution in [0.3, 0.4) is 0 Å². The van der Waals surface area contributed by atoms with Crippen molar-refractivity contribution in [2.75, 3.05) is 20.3 Å². The Bertz CT molecular complexity index is 443. The summed E-state index contributed by atoms with van der Waals surface area (Å²) in [4.78, 5) is 12.3. The first-order chi connectivity index (χ1) is 10.2. The lowest BCUT2D eigenvalue weighted by atomic mass is 9.66. The van der Waals surface area contributed by atoms with E-state index in [2.05, 4.69) is 5.32 Å². The fourth-order valence-electron chi connectivity index (χ4n) is 2.85. The van der Waals surface area contributed by atoms with Crippen LogP contribution in [-0.2, 0) is 16.0 Å². The molecular weight excluding hydrogens is 266 g/mol. The average molecular weight is 291 g/mol. The number of methoxy groups -OCH3 is 1. The van der Waals surface area contributed by atoms with E-state index < -0.39 is 6.10 Å². The lowest BCUT2D eigenvalue weighted by Crippen LogP contribution is -2.48. The first kappa shape index (κ1) is 16.0. The molecule has 2 rings (SSSR count). The van der Waals surface area contributed by atoms with E-state index in [1.165, 1.54) is 0 Å². The Kier molecular flexibility index (Phi) is 5.76. The molecule has 0 saturated heterocycles. The van der Waals surface area contributed by atoms with Crippen molar-refractivity contribution in [1.29, 1.82) is 0 Å². The lowest BCUT2D eigenvalue weighted by molar-refractivity contribution is -0.138. The van der Waals surface area contributed by atoms with Crippen molar-refractivity contribution in [3.63, 3.8) is 0 Å². The third-order valence-electron chi connectivity index (χ3n) is 4.39.